The average Bonchev–Trinajstić information content (AvgIpc) is 2.55. The molecule has 0 N–H and O–H groups in total. The molecule has 1 unspecified atom stereocenters. The van der Waals surface area contributed by atoms with Crippen molar-refractivity contribution in [3.8, 4) is 0 Å². The Morgan fingerprint density at radius 3 is 2.52 bits per heavy atom. The molecule has 2 aliphatic carbocycles. The van der Waals surface area contributed by atoms with Gasteiger partial charge in [-0.25, -0.2) is 13.3 Å². The van der Waals surface area contributed by atoms with Gasteiger partial charge in [0, 0.05) is 25.7 Å². The molecule has 1 aromatic carbocycles. The maximum absolute atomic E-state index is 12.9. The number of amides is 1. The number of nitrogens with zero attached hydrogens (tertiary/aromatic N) is 2. The van der Waals surface area contributed by atoms with E-state index in [1.807, 2.05) is 6.92 Å². The second-order valence-corrected chi connectivity index (χ2v) is 10.9. The van der Waals surface area contributed by atoms with Crippen LogP contribution in [0.3, 0.4) is 0 Å². The smallest absolute Gasteiger partial charge is 0.409 e. The summed E-state index contributed by atoms with van der Waals surface area (Å²) in [4.78, 5) is 13.4. The van der Waals surface area contributed by atoms with Crippen LogP contribution in [0.15, 0.2) is 24.3 Å². The minimum Gasteiger partial charge on any atom is -0.453 e. The number of hydrogen-bond acceptors (Lipinski definition) is 3. The lowest BCUT2D eigenvalue weighted by Gasteiger charge is -2.60. The number of carbonyl (C=O) groups excluding carboxylic acids is 1. The van der Waals surface area contributed by atoms with Crippen LogP contribution >= 0.6 is 0 Å². The van der Waals surface area contributed by atoms with Gasteiger partial charge in [0.15, 0.2) is 0 Å². The van der Waals surface area contributed by atoms with E-state index in [1.54, 1.807) is 11.9 Å². The van der Waals surface area contributed by atoms with E-state index in [0.717, 1.165) is 25.9 Å². The topological polar surface area (TPSA) is 49.9 Å². The minimum atomic E-state index is -0.933. The summed E-state index contributed by atoms with van der Waals surface area (Å²) >= 11 is 0. The van der Waals surface area contributed by atoms with Crippen molar-refractivity contribution in [1.29, 1.82) is 0 Å². The van der Waals surface area contributed by atoms with Gasteiger partial charge in [0.25, 0.3) is 0 Å². The van der Waals surface area contributed by atoms with E-state index in [0.29, 0.717) is 11.3 Å². The predicted octanol–water partition coefficient (Wildman–Crippen LogP) is 3.46. The lowest BCUT2D eigenvalue weighted by atomic mass is 9.57. The average molecular weight is 391 g/mol. The van der Waals surface area contributed by atoms with Crippen LogP contribution < -0.4 is 0 Å². The summed E-state index contributed by atoms with van der Waals surface area (Å²) in [5, 5.41) is 0.159. The fourth-order valence-electron chi connectivity index (χ4n) is 5.14. The Kier molecular flexibility index (Phi) is 4.62. The third-order valence-corrected chi connectivity index (χ3v) is 8.70. The lowest BCUT2D eigenvalue weighted by Crippen LogP contribution is -2.66. The highest BCUT2D eigenvalue weighted by atomic mass is 32.2. The Morgan fingerprint density at radius 2 is 1.93 bits per heavy atom. The van der Waals surface area contributed by atoms with Gasteiger partial charge in [-0.15, -0.1) is 0 Å². The molecule has 1 aliphatic heterocycles. The Balaban J connectivity index is 1.25. The lowest BCUT2D eigenvalue weighted by molar-refractivity contribution is -0.0250. The maximum atomic E-state index is 12.9. The van der Waals surface area contributed by atoms with E-state index in [2.05, 4.69) is 35.5 Å². The molecule has 3 aliphatic rings. The first-order valence-electron chi connectivity index (χ1n) is 9.79. The van der Waals surface area contributed by atoms with Crippen molar-refractivity contribution in [2.75, 3.05) is 27.2 Å². The minimum absolute atomic E-state index is 0.159. The van der Waals surface area contributed by atoms with Crippen molar-refractivity contribution in [1.82, 2.24) is 9.21 Å². The van der Waals surface area contributed by atoms with Gasteiger partial charge in [0.1, 0.15) is 0 Å². The SMILES string of the molecule is COC(=O)N(C)C1(C)CC(S(=O)N2CC3(CC(c4cccc(C)c4)C3)C2)C1. The number of aryl methyl sites for hydroxylation is 1. The molecule has 1 aromatic rings. The molecular weight excluding hydrogens is 360 g/mol. The van der Waals surface area contributed by atoms with Crippen molar-refractivity contribution in [3.05, 3.63) is 35.4 Å². The van der Waals surface area contributed by atoms with Crippen molar-refractivity contribution in [2.24, 2.45) is 5.41 Å². The molecule has 4 rings (SSSR count). The quantitative estimate of drug-likeness (QED) is 0.791. The molecule has 1 saturated heterocycles. The Labute approximate surface area is 164 Å². The number of rotatable bonds is 4. The molecule has 0 aromatic heterocycles. The molecule has 0 bridgehead atoms. The molecule has 27 heavy (non-hydrogen) atoms. The Morgan fingerprint density at radius 1 is 1.26 bits per heavy atom. The monoisotopic (exact) mass is 390 g/mol. The van der Waals surface area contributed by atoms with Crippen LogP contribution in [0.1, 0.15) is 49.7 Å². The standard InChI is InChI=1S/C21H30N2O3S/c1-15-6-5-7-16(8-15)17-9-21(10-17)13-23(14-21)27(25)18-11-20(2,12-18)22(3)19(24)26-4/h5-8,17-18H,9-14H2,1-4H3. The van der Waals surface area contributed by atoms with E-state index in [-0.39, 0.29) is 16.9 Å². The number of benzene rings is 1. The molecule has 148 valence electrons. The summed E-state index contributed by atoms with van der Waals surface area (Å²) in [7, 11) is 2.24. The highest BCUT2D eigenvalue weighted by Gasteiger charge is 2.57. The van der Waals surface area contributed by atoms with Crippen LogP contribution in [0.4, 0.5) is 4.79 Å². The number of methoxy groups -OCH3 is 1. The van der Waals surface area contributed by atoms with Gasteiger partial charge in [0.2, 0.25) is 0 Å². The summed E-state index contributed by atoms with van der Waals surface area (Å²) in [5.41, 5.74) is 2.94. The molecule has 1 amide bonds. The molecule has 1 atom stereocenters. The van der Waals surface area contributed by atoms with E-state index in [4.69, 9.17) is 4.74 Å². The third-order valence-electron chi connectivity index (χ3n) is 7.03. The van der Waals surface area contributed by atoms with Gasteiger partial charge < -0.3 is 9.64 Å². The molecule has 1 spiro atoms. The van der Waals surface area contributed by atoms with E-state index in [1.165, 1.54) is 31.1 Å². The Bertz CT molecular complexity index is 760. The molecular formula is C21H30N2O3S. The van der Waals surface area contributed by atoms with Gasteiger partial charge in [-0.05, 0) is 56.4 Å². The Hall–Kier alpha value is -1.40. The maximum Gasteiger partial charge on any atom is 0.409 e. The summed E-state index contributed by atoms with van der Waals surface area (Å²) in [6, 6.07) is 8.85. The van der Waals surface area contributed by atoms with Crippen LogP contribution in [0, 0.1) is 12.3 Å². The zero-order valence-corrected chi connectivity index (χ0v) is 17.6. The first kappa shape index (κ1) is 18.9. The molecule has 2 saturated carbocycles. The van der Waals surface area contributed by atoms with Crippen LogP contribution in [0.25, 0.3) is 0 Å². The number of hydrogen-bond donors (Lipinski definition) is 0. The second kappa shape index (κ2) is 6.59. The molecule has 6 heteroatoms. The van der Waals surface area contributed by atoms with Gasteiger partial charge in [0.05, 0.1) is 23.3 Å². The first-order valence-corrected chi connectivity index (χ1v) is 11.0. The summed E-state index contributed by atoms with van der Waals surface area (Å²) in [5.74, 6) is 0.668. The van der Waals surface area contributed by atoms with Crippen LogP contribution in [-0.4, -0.2) is 57.5 Å². The van der Waals surface area contributed by atoms with Crippen molar-refractivity contribution in [3.63, 3.8) is 0 Å². The zero-order chi connectivity index (χ0) is 19.4. The highest BCUT2D eigenvalue weighted by Crippen LogP contribution is 2.57. The van der Waals surface area contributed by atoms with Crippen molar-refractivity contribution < 1.29 is 13.7 Å². The molecule has 0 radical (unpaired) electrons. The van der Waals surface area contributed by atoms with Gasteiger partial charge in [-0.1, -0.05) is 29.8 Å². The third kappa shape index (κ3) is 3.21. The normalized spacial score (nSPS) is 30.7. The summed E-state index contributed by atoms with van der Waals surface area (Å²) in [6.45, 7) is 6.12. The molecule has 3 fully saturated rings. The fourth-order valence-corrected chi connectivity index (χ4v) is 7.37. The first-order chi connectivity index (χ1) is 12.8. The summed E-state index contributed by atoms with van der Waals surface area (Å²) < 4.78 is 19.8. The van der Waals surface area contributed by atoms with E-state index in [9.17, 15) is 9.00 Å². The second-order valence-electron chi connectivity index (χ2n) is 9.15. The highest BCUT2D eigenvalue weighted by molar-refractivity contribution is 7.83. The predicted molar refractivity (Wildman–Crippen MR) is 107 cm³/mol. The van der Waals surface area contributed by atoms with Gasteiger partial charge in [-0.2, -0.15) is 0 Å². The largest absolute Gasteiger partial charge is 0.453 e. The van der Waals surface area contributed by atoms with Crippen LogP contribution in [0.2, 0.25) is 0 Å². The van der Waals surface area contributed by atoms with Crippen LogP contribution in [0.5, 0.6) is 0 Å². The van der Waals surface area contributed by atoms with Gasteiger partial charge in [-0.3, -0.25) is 0 Å². The fraction of sp³-hybridized carbons (Fsp3) is 0.667. The number of ether oxygens (including phenoxy) is 1. The van der Waals surface area contributed by atoms with Crippen LogP contribution in [-0.2, 0) is 15.7 Å². The summed E-state index contributed by atoms with van der Waals surface area (Å²) in [6.07, 6.45) is 3.68. The molecule has 1 heterocycles. The zero-order valence-electron chi connectivity index (χ0n) is 16.7. The van der Waals surface area contributed by atoms with Crippen molar-refractivity contribution >= 4 is 17.1 Å². The van der Waals surface area contributed by atoms with E-state index >= 15 is 0 Å². The van der Waals surface area contributed by atoms with E-state index < -0.39 is 11.0 Å². The van der Waals surface area contributed by atoms with Gasteiger partial charge >= 0.3 is 6.09 Å². The number of carbonyl (C=O) groups is 1. The van der Waals surface area contributed by atoms with Crippen molar-refractivity contribution in [2.45, 2.75) is 56.2 Å². The molecule has 5 nitrogen and oxygen atoms in total.